The van der Waals surface area contributed by atoms with Crippen LogP contribution in [0.2, 0.25) is 0 Å². The summed E-state index contributed by atoms with van der Waals surface area (Å²) in [4.78, 5) is 8.04. The summed E-state index contributed by atoms with van der Waals surface area (Å²) < 4.78 is 5.03. The first-order valence-corrected chi connectivity index (χ1v) is 5.60. The van der Waals surface area contributed by atoms with Gasteiger partial charge in [-0.05, 0) is 13.3 Å². The van der Waals surface area contributed by atoms with Crippen molar-refractivity contribution in [3.8, 4) is 5.88 Å². The maximum atomic E-state index is 5.86. The smallest absolute Gasteiger partial charge is 0.242 e. The number of ether oxygens (including phenoxy) is 1. The molecule has 1 rings (SSSR count). The van der Waals surface area contributed by atoms with Gasteiger partial charge in [-0.2, -0.15) is 4.98 Å². The molecule has 1 aromatic heterocycles. The van der Waals surface area contributed by atoms with Crippen LogP contribution in [0.1, 0.15) is 33.1 Å². The van der Waals surface area contributed by atoms with Crippen LogP contribution in [0.3, 0.4) is 0 Å². The van der Waals surface area contributed by atoms with Crippen molar-refractivity contribution in [3.05, 3.63) is 6.33 Å². The number of anilines is 2. The normalized spacial score (nSPS) is 12.2. The Balaban J connectivity index is 2.66. The van der Waals surface area contributed by atoms with Crippen molar-refractivity contribution in [2.24, 2.45) is 0 Å². The highest BCUT2D eigenvalue weighted by molar-refractivity contribution is 5.66. The molecule has 0 radical (unpaired) electrons. The fourth-order valence-electron chi connectivity index (χ4n) is 1.47. The summed E-state index contributed by atoms with van der Waals surface area (Å²) in [5, 5.41) is 3.26. The molecule has 0 aliphatic rings. The summed E-state index contributed by atoms with van der Waals surface area (Å²) in [5.41, 5.74) is 6.32. The SMILES string of the molecule is CCCCC(C)Nc1ncnc(OC)c1N. The molecule has 0 saturated carbocycles. The molecule has 90 valence electrons. The van der Waals surface area contributed by atoms with Gasteiger partial charge >= 0.3 is 0 Å². The third-order valence-corrected chi connectivity index (χ3v) is 2.41. The average Bonchev–Trinajstić information content (AvgIpc) is 2.29. The summed E-state index contributed by atoms with van der Waals surface area (Å²) in [5.74, 6) is 1.07. The zero-order valence-corrected chi connectivity index (χ0v) is 10.2. The second-order valence-corrected chi connectivity index (χ2v) is 3.83. The van der Waals surface area contributed by atoms with Crippen LogP contribution < -0.4 is 15.8 Å². The van der Waals surface area contributed by atoms with E-state index < -0.39 is 0 Å². The Kier molecular flexibility index (Phi) is 4.82. The lowest BCUT2D eigenvalue weighted by atomic mass is 10.1. The van der Waals surface area contributed by atoms with Crippen molar-refractivity contribution in [1.29, 1.82) is 0 Å². The summed E-state index contributed by atoms with van der Waals surface area (Å²) in [6.07, 6.45) is 4.93. The molecule has 5 nitrogen and oxygen atoms in total. The molecule has 16 heavy (non-hydrogen) atoms. The number of nitrogens with one attached hydrogen (secondary N) is 1. The van der Waals surface area contributed by atoms with Crippen LogP contribution in [0.25, 0.3) is 0 Å². The van der Waals surface area contributed by atoms with Crippen molar-refractivity contribution in [2.75, 3.05) is 18.2 Å². The van der Waals surface area contributed by atoms with Gasteiger partial charge < -0.3 is 15.8 Å². The van der Waals surface area contributed by atoms with Gasteiger partial charge in [-0.3, -0.25) is 0 Å². The first-order chi connectivity index (χ1) is 7.69. The molecule has 0 amide bonds. The van der Waals surface area contributed by atoms with Gasteiger partial charge in [0.2, 0.25) is 5.88 Å². The molecule has 1 unspecified atom stereocenters. The van der Waals surface area contributed by atoms with Gasteiger partial charge in [0.15, 0.2) is 5.82 Å². The van der Waals surface area contributed by atoms with Gasteiger partial charge in [0.1, 0.15) is 12.0 Å². The van der Waals surface area contributed by atoms with Crippen LogP contribution >= 0.6 is 0 Å². The first-order valence-electron chi connectivity index (χ1n) is 5.60. The highest BCUT2D eigenvalue weighted by Crippen LogP contribution is 2.24. The van der Waals surface area contributed by atoms with Gasteiger partial charge in [-0.1, -0.05) is 19.8 Å². The van der Waals surface area contributed by atoms with E-state index in [1.54, 1.807) is 7.11 Å². The van der Waals surface area contributed by atoms with Crippen LogP contribution in [0.4, 0.5) is 11.5 Å². The predicted molar refractivity (Wildman–Crippen MR) is 65.6 cm³/mol. The predicted octanol–water partition coefficient (Wildman–Crippen LogP) is 2.06. The molecule has 0 fully saturated rings. The highest BCUT2D eigenvalue weighted by Gasteiger charge is 2.10. The van der Waals surface area contributed by atoms with Crippen molar-refractivity contribution in [2.45, 2.75) is 39.2 Å². The van der Waals surface area contributed by atoms with Gasteiger partial charge in [0.05, 0.1) is 7.11 Å². The minimum Gasteiger partial charge on any atom is -0.479 e. The van der Waals surface area contributed by atoms with E-state index >= 15 is 0 Å². The largest absolute Gasteiger partial charge is 0.479 e. The number of unbranched alkanes of at least 4 members (excludes halogenated alkanes) is 1. The number of nitrogens with zero attached hydrogens (tertiary/aromatic N) is 2. The fraction of sp³-hybridized carbons (Fsp3) is 0.636. The molecule has 0 bridgehead atoms. The van der Waals surface area contributed by atoms with Crippen molar-refractivity contribution in [3.63, 3.8) is 0 Å². The number of hydrogen-bond donors (Lipinski definition) is 2. The van der Waals surface area contributed by atoms with E-state index in [-0.39, 0.29) is 0 Å². The number of aromatic nitrogens is 2. The molecule has 1 heterocycles. The van der Waals surface area contributed by atoms with Gasteiger partial charge in [0, 0.05) is 6.04 Å². The monoisotopic (exact) mass is 224 g/mol. The second-order valence-electron chi connectivity index (χ2n) is 3.83. The lowest BCUT2D eigenvalue weighted by molar-refractivity contribution is 0.399. The quantitative estimate of drug-likeness (QED) is 0.773. The lowest BCUT2D eigenvalue weighted by Gasteiger charge is -2.15. The zero-order valence-electron chi connectivity index (χ0n) is 10.2. The minimum absolute atomic E-state index is 0.349. The molecular formula is C11H20N4O. The maximum Gasteiger partial charge on any atom is 0.242 e. The highest BCUT2D eigenvalue weighted by atomic mass is 16.5. The number of methoxy groups -OCH3 is 1. The molecule has 3 N–H and O–H groups in total. The third-order valence-electron chi connectivity index (χ3n) is 2.41. The number of nitrogens with two attached hydrogens (primary N) is 1. The van der Waals surface area contributed by atoms with Crippen LogP contribution in [-0.4, -0.2) is 23.1 Å². The molecule has 0 aliphatic carbocycles. The van der Waals surface area contributed by atoms with E-state index in [1.165, 1.54) is 19.2 Å². The van der Waals surface area contributed by atoms with Crippen molar-refractivity contribution in [1.82, 2.24) is 9.97 Å². The number of rotatable bonds is 6. The van der Waals surface area contributed by atoms with E-state index in [4.69, 9.17) is 10.5 Å². The Labute approximate surface area is 96.4 Å². The van der Waals surface area contributed by atoms with Gasteiger partial charge in [0.25, 0.3) is 0 Å². The topological polar surface area (TPSA) is 73.1 Å². The molecule has 0 saturated heterocycles. The summed E-state index contributed by atoms with van der Waals surface area (Å²) in [7, 11) is 1.54. The standard InChI is InChI=1S/C11H20N4O/c1-4-5-6-8(2)15-10-9(12)11(16-3)14-7-13-10/h7-8H,4-6,12H2,1-3H3,(H,13,14,15). The van der Waals surface area contributed by atoms with Crippen LogP contribution in [-0.2, 0) is 0 Å². The van der Waals surface area contributed by atoms with E-state index in [0.29, 0.717) is 23.4 Å². The molecular weight excluding hydrogens is 204 g/mol. The number of nitrogen functional groups attached to an aromatic ring is 1. The molecule has 1 aromatic rings. The van der Waals surface area contributed by atoms with E-state index in [0.717, 1.165) is 6.42 Å². The average molecular weight is 224 g/mol. The Morgan fingerprint density at radius 2 is 2.25 bits per heavy atom. The second kappa shape index (κ2) is 6.15. The molecule has 1 atom stereocenters. The molecule has 0 aliphatic heterocycles. The third kappa shape index (κ3) is 3.25. The fourth-order valence-corrected chi connectivity index (χ4v) is 1.47. The lowest BCUT2D eigenvalue weighted by Crippen LogP contribution is -2.17. The van der Waals surface area contributed by atoms with Crippen molar-refractivity contribution < 1.29 is 4.74 Å². The first kappa shape index (κ1) is 12.5. The Morgan fingerprint density at radius 3 is 2.88 bits per heavy atom. The Morgan fingerprint density at radius 1 is 1.50 bits per heavy atom. The van der Waals surface area contributed by atoms with E-state index in [2.05, 4.69) is 29.1 Å². The van der Waals surface area contributed by atoms with Crippen LogP contribution in [0.5, 0.6) is 5.88 Å². The molecule has 5 heteroatoms. The maximum absolute atomic E-state index is 5.86. The zero-order chi connectivity index (χ0) is 12.0. The summed E-state index contributed by atoms with van der Waals surface area (Å²) in [6.45, 7) is 4.29. The molecule has 0 aromatic carbocycles. The van der Waals surface area contributed by atoms with Crippen LogP contribution in [0.15, 0.2) is 6.33 Å². The summed E-state index contributed by atoms with van der Waals surface area (Å²) >= 11 is 0. The van der Waals surface area contributed by atoms with E-state index in [9.17, 15) is 0 Å². The van der Waals surface area contributed by atoms with Gasteiger partial charge in [-0.15, -0.1) is 0 Å². The van der Waals surface area contributed by atoms with Gasteiger partial charge in [-0.25, -0.2) is 4.98 Å². The van der Waals surface area contributed by atoms with Crippen LogP contribution in [0, 0.1) is 0 Å². The molecule has 0 spiro atoms. The van der Waals surface area contributed by atoms with E-state index in [1.807, 2.05) is 0 Å². The number of hydrogen-bond acceptors (Lipinski definition) is 5. The Bertz CT molecular complexity index is 330. The minimum atomic E-state index is 0.349. The summed E-state index contributed by atoms with van der Waals surface area (Å²) in [6, 6.07) is 0.349. The Hall–Kier alpha value is -1.52. The van der Waals surface area contributed by atoms with Crippen molar-refractivity contribution >= 4 is 11.5 Å².